The van der Waals surface area contributed by atoms with Gasteiger partial charge in [-0.15, -0.1) is 0 Å². The monoisotopic (exact) mass is 247 g/mol. The number of nitrogen functional groups attached to an aromatic ring is 1. The van der Waals surface area contributed by atoms with E-state index < -0.39 is 0 Å². The zero-order valence-corrected chi connectivity index (χ0v) is 9.49. The second-order valence-electron chi connectivity index (χ2n) is 3.11. The van der Waals surface area contributed by atoms with Crippen LogP contribution in [0.1, 0.15) is 5.69 Å². The molecule has 0 spiro atoms. The molecule has 0 unspecified atom stereocenters. The lowest BCUT2D eigenvalue weighted by atomic mass is 10.3. The van der Waals surface area contributed by atoms with Crippen LogP contribution in [0.15, 0.2) is 45.4 Å². The number of amidine groups is 1. The topological polar surface area (TPSA) is 109 Å². The molecule has 4 N–H and O–H groups in total. The van der Waals surface area contributed by atoms with Crippen LogP contribution in [0.3, 0.4) is 0 Å². The number of pyridine rings is 1. The summed E-state index contributed by atoms with van der Waals surface area (Å²) in [6.45, 7) is 0. The standard InChI is InChI=1S/C10H9N5OS/c11-9(12)8-6(2-1-4-13-8)17-10-14-5-3-7(16)15-10/h1-5H,(H3,11,12)(H,14,15,16). The molecule has 17 heavy (non-hydrogen) atoms. The summed E-state index contributed by atoms with van der Waals surface area (Å²) in [6, 6.07) is 4.83. The summed E-state index contributed by atoms with van der Waals surface area (Å²) in [5.41, 5.74) is 5.57. The number of rotatable bonds is 3. The lowest BCUT2D eigenvalue weighted by Gasteiger charge is -2.04. The second kappa shape index (κ2) is 4.79. The number of hydrogen-bond acceptors (Lipinski definition) is 5. The number of aromatic amines is 1. The Morgan fingerprint density at radius 1 is 1.35 bits per heavy atom. The second-order valence-corrected chi connectivity index (χ2v) is 4.14. The molecule has 2 aromatic heterocycles. The smallest absolute Gasteiger partial charge is 0.251 e. The van der Waals surface area contributed by atoms with Crippen LogP contribution in [0, 0.1) is 5.41 Å². The van der Waals surface area contributed by atoms with Crippen LogP contribution in [0.2, 0.25) is 0 Å². The van der Waals surface area contributed by atoms with Crippen LogP contribution in [0.25, 0.3) is 0 Å². The van der Waals surface area contributed by atoms with Crippen molar-refractivity contribution in [2.45, 2.75) is 10.1 Å². The van der Waals surface area contributed by atoms with E-state index in [1.807, 2.05) is 0 Å². The highest BCUT2D eigenvalue weighted by molar-refractivity contribution is 7.99. The number of aromatic nitrogens is 3. The first kappa shape index (κ1) is 11.3. The highest BCUT2D eigenvalue weighted by Crippen LogP contribution is 2.25. The van der Waals surface area contributed by atoms with Gasteiger partial charge in [-0.25, -0.2) is 4.98 Å². The Hall–Kier alpha value is -2.15. The molecule has 0 atom stereocenters. The minimum atomic E-state index is -0.226. The number of H-pyrrole nitrogens is 1. The average Bonchev–Trinajstić information content (AvgIpc) is 2.29. The van der Waals surface area contributed by atoms with Gasteiger partial charge in [-0.1, -0.05) is 0 Å². The Labute approximate surface area is 101 Å². The Morgan fingerprint density at radius 3 is 2.88 bits per heavy atom. The molecular formula is C10H9N5OS. The minimum absolute atomic E-state index is 0.119. The van der Waals surface area contributed by atoms with Gasteiger partial charge in [-0.05, 0) is 23.9 Å². The zero-order chi connectivity index (χ0) is 12.3. The van der Waals surface area contributed by atoms with Crippen molar-refractivity contribution in [2.75, 3.05) is 0 Å². The van der Waals surface area contributed by atoms with Crippen molar-refractivity contribution in [3.63, 3.8) is 0 Å². The summed E-state index contributed by atoms with van der Waals surface area (Å²) in [7, 11) is 0. The van der Waals surface area contributed by atoms with Crippen LogP contribution >= 0.6 is 11.8 Å². The largest absolute Gasteiger partial charge is 0.382 e. The molecule has 0 saturated heterocycles. The fraction of sp³-hybridized carbons (Fsp3) is 0. The first-order chi connectivity index (χ1) is 8.16. The third-order valence-corrected chi connectivity index (χ3v) is 2.83. The molecule has 7 heteroatoms. The molecule has 86 valence electrons. The number of hydrogen-bond donors (Lipinski definition) is 3. The predicted molar refractivity (Wildman–Crippen MR) is 64.2 cm³/mol. The summed E-state index contributed by atoms with van der Waals surface area (Å²) < 4.78 is 0. The maximum Gasteiger partial charge on any atom is 0.251 e. The third-order valence-electron chi connectivity index (χ3n) is 1.88. The molecule has 0 fully saturated rings. The fourth-order valence-electron chi connectivity index (χ4n) is 1.18. The van der Waals surface area contributed by atoms with Crippen LogP contribution < -0.4 is 11.3 Å². The summed E-state index contributed by atoms with van der Waals surface area (Å²) >= 11 is 1.21. The van der Waals surface area contributed by atoms with Crippen LogP contribution in [-0.2, 0) is 0 Å². The molecule has 6 nitrogen and oxygen atoms in total. The quantitative estimate of drug-likeness (QED) is 0.418. The van der Waals surface area contributed by atoms with Gasteiger partial charge in [0.15, 0.2) is 5.16 Å². The SMILES string of the molecule is N=C(N)c1ncccc1Sc1nccc(=O)[nH]1. The van der Waals surface area contributed by atoms with Gasteiger partial charge >= 0.3 is 0 Å². The molecular weight excluding hydrogens is 238 g/mol. The number of nitrogens with two attached hydrogens (primary N) is 1. The normalized spacial score (nSPS) is 10.1. The van der Waals surface area contributed by atoms with Gasteiger partial charge in [-0.2, -0.15) is 0 Å². The Morgan fingerprint density at radius 2 is 2.18 bits per heavy atom. The van der Waals surface area contributed by atoms with Crippen molar-refractivity contribution in [3.8, 4) is 0 Å². The van der Waals surface area contributed by atoms with Gasteiger partial charge < -0.3 is 10.7 Å². The van der Waals surface area contributed by atoms with Gasteiger partial charge in [0.05, 0.1) is 0 Å². The van der Waals surface area contributed by atoms with Gasteiger partial charge in [0.2, 0.25) is 0 Å². The lowest BCUT2D eigenvalue weighted by molar-refractivity contribution is 0.935. The first-order valence-corrected chi connectivity index (χ1v) is 5.51. The Balaban J connectivity index is 2.36. The van der Waals surface area contributed by atoms with E-state index in [0.717, 1.165) is 0 Å². The summed E-state index contributed by atoms with van der Waals surface area (Å²) in [4.78, 5) is 22.4. The van der Waals surface area contributed by atoms with Crippen LogP contribution in [-0.4, -0.2) is 20.8 Å². The number of nitrogens with one attached hydrogen (secondary N) is 2. The molecule has 0 aromatic carbocycles. The summed E-state index contributed by atoms with van der Waals surface area (Å²) in [5.74, 6) is -0.119. The minimum Gasteiger partial charge on any atom is -0.382 e. The highest BCUT2D eigenvalue weighted by Gasteiger charge is 2.08. The lowest BCUT2D eigenvalue weighted by Crippen LogP contribution is -2.14. The maximum atomic E-state index is 11.1. The molecule has 0 bridgehead atoms. The van der Waals surface area contributed by atoms with E-state index in [4.69, 9.17) is 11.1 Å². The van der Waals surface area contributed by atoms with Gasteiger partial charge in [-0.3, -0.25) is 15.2 Å². The Kier molecular flexibility index (Phi) is 3.20. The molecule has 0 aliphatic rings. The third kappa shape index (κ3) is 2.70. The molecule has 0 radical (unpaired) electrons. The molecule has 2 rings (SSSR count). The van der Waals surface area contributed by atoms with Crippen LogP contribution in [0.5, 0.6) is 0 Å². The summed E-state index contributed by atoms with van der Waals surface area (Å²) in [6.07, 6.45) is 2.98. The van der Waals surface area contributed by atoms with Gasteiger partial charge in [0, 0.05) is 23.4 Å². The van der Waals surface area contributed by atoms with E-state index in [-0.39, 0.29) is 11.4 Å². The molecule has 2 heterocycles. The van der Waals surface area contributed by atoms with Crippen LogP contribution in [0.4, 0.5) is 0 Å². The van der Waals surface area contributed by atoms with Crippen molar-refractivity contribution in [1.82, 2.24) is 15.0 Å². The average molecular weight is 247 g/mol. The van der Waals surface area contributed by atoms with E-state index >= 15 is 0 Å². The molecule has 0 aliphatic heterocycles. The van der Waals surface area contributed by atoms with Gasteiger partial charge in [0.1, 0.15) is 11.5 Å². The highest BCUT2D eigenvalue weighted by atomic mass is 32.2. The van der Waals surface area contributed by atoms with E-state index in [9.17, 15) is 4.79 Å². The van der Waals surface area contributed by atoms with Crippen molar-refractivity contribution < 1.29 is 0 Å². The van der Waals surface area contributed by atoms with Crippen molar-refractivity contribution >= 4 is 17.6 Å². The molecule has 2 aromatic rings. The van der Waals surface area contributed by atoms with Crippen molar-refractivity contribution in [3.05, 3.63) is 46.6 Å². The van der Waals surface area contributed by atoms with E-state index in [2.05, 4.69) is 15.0 Å². The van der Waals surface area contributed by atoms with Crippen molar-refractivity contribution in [1.29, 1.82) is 5.41 Å². The summed E-state index contributed by atoms with van der Waals surface area (Å²) in [5, 5.41) is 7.83. The Bertz CT molecular complexity index is 609. The van der Waals surface area contributed by atoms with E-state index in [0.29, 0.717) is 15.7 Å². The first-order valence-electron chi connectivity index (χ1n) is 4.69. The van der Waals surface area contributed by atoms with Gasteiger partial charge in [0.25, 0.3) is 5.56 Å². The predicted octanol–water partition coefficient (Wildman–Crippen LogP) is 0.600. The zero-order valence-electron chi connectivity index (χ0n) is 8.68. The molecule has 0 saturated carbocycles. The van der Waals surface area contributed by atoms with E-state index in [1.165, 1.54) is 24.0 Å². The van der Waals surface area contributed by atoms with Crippen molar-refractivity contribution in [2.24, 2.45) is 5.73 Å². The number of nitrogens with zero attached hydrogens (tertiary/aromatic N) is 2. The molecule has 0 aliphatic carbocycles. The fourth-order valence-corrected chi connectivity index (χ4v) is 2.06. The molecule has 0 amide bonds. The van der Waals surface area contributed by atoms with E-state index in [1.54, 1.807) is 18.3 Å². The maximum absolute atomic E-state index is 11.1.